The van der Waals surface area contributed by atoms with Crippen molar-refractivity contribution in [3.05, 3.63) is 30.1 Å². The summed E-state index contributed by atoms with van der Waals surface area (Å²) in [6.45, 7) is 3.25. The van der Waals surface area contributed by atoms with E-state index >= 15 is 0 Å². The van der Waals surface area contributed by atoms with Gasteiger partial charge in [0, 0.05) is 18.0 Å². The first-order valence-corrected chi connectivity index (χ1v) is 6.60. The predicted octanol–water partition coefficient (Wildman–Crippen LogP) is 2.17. The van der Waals surface area contributed by atoms with Crippen LogP contribution in [0.1, 0.15) is 12.7 Å². The van der Waals surface area contributed by atoms with Gasteiger partial charge in [0.2, 0.25) is 5.13 Å². The van der Waals surface area contributed by atoms with E-state index in [9.17, 15) is 0 Å². The van der Waals surface area contributed by atoms with E-state index < -0.39 is 0 Å². The molecule has 0 saturated heterocycles. The second-order valence-corrected chi connectivity index (χ2v) is 4.43. The van der Waals surface area contributed by atoms with Crippen LogP contribution in [0.4, 0.5) is 10.8 Å². The molecule has 6 heteroatoms. The molecule has 18 heavy (non-hydrogen) atoms. The Hall–Kier alpha value is -1.82. The topological polar surface area (TPSA) is 73.1 Å². The Morgan fingerprint density at radius 2 is 2.22 bits per heavy atom. The molecule has 0 radical (unpaired) electrons. The molecule has 0 fully saturated rings. The Morgan fingerprint density at radius 1 is 1.39 bits per heavy atom. The summed E-state index contributed by atoms with van der Waals surface area (Å²) in [4.78, 5) is 4.31. The molecule has 0 aliphatic heterocycles. The zero-order valence-corrected chi connectivity index (χ0v) is 11.0. The maximum atomic E-state index is 5.77. The fourth-order valence-corrected chi connectivity index (χ4v) is 2.07. The molecule has 2 rings (SSSR count). The highest BCUT2D eigenvalue weighted by Crippen LogP contribution is 2.19. The number of anilines is 2. The van der Waals surface area contributed by atoms with E-state index in [2.05, 4.69) is 14.7 Å². The molecule has 0 aliphatic rings. The highest BCUT2D eigenvalue weighted by molar-refractivity contribution is 7.09. The van der Waals surface area contributed by atoms with Gasteiger partial charge in [-0.15, -0.1) is 0 Å². The first-order chi connectivity index (χ1) is 8.79. The summed E-state index contributed by atoms with van der Waals surface area (Å²) >= 11 is 1.37. The van der Waals surface area contributed by atoms with Gasteiger partial charge in [0.25, 0.3) is 0 Å². The maximum absolute atomic E-state index is 5.77. The highest BCUT2D eigenvalue weighted by Gasteiger charge is 2.01. The smallest absolute Gasteiger partial charge is 0.202 e. The number of nitrogens with one attached hydrogen (secondary N) is 1. The summed E-state index contributed by atoms with van der Waals surface area (Å²) < 4.78 is 9.75. The molecule has 3 N–H and O–H groups in total. The fraction of sp³-hybridized carbons (Fsp3) is 0.333. The van der Waals surface area contributed by atoms with E-state index in [-0.39, 0.29) is 0 Å². The summed E-state index contributed by atoms with van der Waals surface area (Å²) in [6, 6.07) is 7.46. The normalized spacial score (nSPS) is 10.3. The Balaban J connectivity index is 1.74. The van der Waals surface area contributed by atoms with Gasteiger partial charge in [0.15, 0.2) is 0 Å². The summed E-state index contributed by atoms with van der Waals surface area (Å²) in [6.07, 6.45) is 0.856. The molecule has 0 unspecified atom stereocenters. The number of ether oxygens (including phenoxy) is 1. The third kappa shape index (κ3) is 3.33. The summed E-state index contributed by atoms with van der Waals surface area (Å²) in [7, 11) is 0. The van der Waals surface area contributed by atoms with E-state index in [1.54, 1.807) is 0 Å². The van der Waals surface area contributed by atoms with Crippen LogP contribution in [-0.4, -0.2) is 22.5 Å². The second-order valence-electron chi connectivity index (χ2n) is 3.68. The van der Waals surface area contributed by atoms with Gasteiger partial charge >= 0.3 is 0 Å². The number of para-hydroxylation sites is 2. The van der Waals surface area contributed by atoms with Crippen molar-refractivity contribution in [3.63, 3.8) is 0 Å². The summed E-state index contributed by atoms with van der Waals surface area (Å²) in [5, 5.41) is 4.00. The third-order valence-electron chi connectivity index (χ3n) is 2.34. The van der Waals surface area contributed by atoms with E-state index in [4.69, 9.17) is 10.5 Å². The average molecular weight is 264 g/mol. The molecule has 0 spiro atoms. The maximum Gasteiger partial charge on any atom is 0.202 e. The number of aryl methyl sites for hydroxylation is 1. The second kappa shape index (κ2) is 6.20. The lowest BCUT2D eigenvalue weighted by molar-refractivity contribution is 0.334. The van der Waals surface area contributed by atoms with Crippen molar-refractivity contribution < 1.29 is 4.74 Å². The number of nitrogens with zero attached hydrogens (tertiary/aromatic N) is 2. The zero-order chi connectivity index (χ0) is 12.8. The molecule has 1 heterocycles. The molecule has 1 aromatic heterocycles. The lowest BCUT2D eigenvalue weighted by Crippen LogP contribution is -2.12. The van der Waals surface area contributed by atoms with Gasteiger partial charge in [0.05, 0.1) is 12.2 Å². The average Bonchev–Trinajstić information content (AvgIpc) is 2.84. The van der Waals surface area contributed by atoms with Crippen LogP contribution < -0.4 is 15.8 Å². The number of hydrogen-bond acceptors (Lipinski definition) is 6. The van der Waals surface area contributed by atoms with Crippen molar-refractivity contribution in [2.45, 2.75) is 13.3 Å². The van der Waals surface area contributed by atoms with Gasteiger partial charge in [-0.3, -0.25) is 0 Å². The predicted molar refractivity (Wildman–Crippen MR) is 74.1 cm³/mol. The van der Waals surface area contributed by atoms with Crippen molar-refractivity contribution >= 4 is 22.4 Å². The zero-order valence-electron chi connectivity index (χ0n) is 10.2. The molecule has 96 valence electrons. The number of nitrogen functional groups attached to an aromatic ring is 1. The fourth-order valence-electron chi connectivity index (χ4n) is 1.40. The Morgan fingerprint density at radius 3 is 2.94 bits per heavy atom. The van der Waals surface area contributed by atoms with Crippen molar-refractivity contribution in [1.82, 2.24) is 9.36 Å². The lowest BCUT2D eigenvalue weighted by Gasteiger charge is -2.08. The molecular weight excluding hydrogens is 248 g/mol. The number of benzene rings is 1. The largest absolute Gasteiger partial charge is 0.490 e. The first-order valence-electron chi connectivity index (χ1n) is 5.83. The standard InChI is InChI=1S/C12H16N4OS/c1-2-11-15-12(18-16-11)14-7-8-17-10-6-4-3-5-9(10)13/h3-6H,2,7-8,13H2,1H3,(H,14,15,16). The third-order valence-corrected chi connectivity index (χ3v) is 3.05. The molecule has 0 bridgehead atoms. The van der Waals surface area contributed by atoms with Crippen LogP contribution in [0.2, 0.25) is 0 Å². The van der Waals surface area contributed by atoms with Crippen molar-refractivity contribution in [3.8, 4) is 5.75 Å². The quantitative estimate of drug-likeness (QED) is 0.618. The summed E-state index contributed by atoms with van der Waals surface area (Å²) in [5.41, 5.74) is 6.42. The molecule has 1 aromatic carbocycles. The molecule has 0 aliphatic carbocycles. The Labute approximate surface area is 110 Å². The van der Waals surface area contributed by atoms with E-state index in [0.29, 0.717) is 24.6 Å². The SMILES string of the molecule is CCc1nsc(NCCOc2ccccc2N)n1. The minimum absolute atomic E-state index is 0.537. The molecule has 5 nitrogen and oxygen atoms in total. The Kier molecular flexibility index (Phi) is 4.35. The number of aromatic nitrogens is 2. The minimum Gasteiger partial charge on any atom is -0.490 e. The van der Waals surface area contributed by atoms with Crippen LogP contribution >= 0.6 is 11.5 Å². The summed E-state index contributed by atoms with van der Waals surface area (Å²) in [5.74, 6) is 1.58. The van der Waals surface area contributed by atoms with E-state index in [1.165, 1.54) is 11.5 Å². The van der Waals surface area contributed by atoms with Crippen LogP contribution in [0.15, 0.2) is 24.3 Å². The molecule has 0 amide bonds. The molecular formula is C12H16N4OS. The number of nitrogens with two attached hydrogens (primary N) is 1. The monoisotopic (exact) mass is 264 g/mol. The lowest BCUT2D eigenvalue weighted by atomic mass is 10.3. The van der Waals surface area contributed by atoms with E-state index in [1.807, 2.05) is 31.2 Å². The van der Waals surface area contributed by atoms with Gasteiger partial charge in [-0.05, 0) is 12.1 Å². The minimum atomic E-state index is 0.537. The molecule has 0 atom stereocenters. The van der Waals surface area contributed by atoms with Crippen LogP contribution in [0.3, 0.4) is 0 Å². The van der Waals surface area contributed by atoms with Crippen LogP contribution in [0.5, 0.6) is 5.75 Å². The highest BCUT2D eigenvalue weighted by atomic mass is 32.1. The van der Waals surface area contributed by atoms with Gasteiger partial charge in [-0.2, -0.15) is 4.37 Å². The first kappa shape index (κ1) is 12.6. The van der Waals surface area contributed by atoms with Crippen molar-refractivity contribution in [1.29, 1.82) is 0 Å². The molecule has 0 saturated carbocycles. The number of hydrogen-bond donors (Lipinski definition) is 2. The molecule has 2 aromatic rings. The van der Waals surface area contributed by atoms with Gasteiger partial charge in [0.1, 0.15) is 18.2 Å². The van der Waals surface area contributed by atoms with Gasteiger partial charge in [-0.25, -0.2) is 4.98 Å². The van der Waals surface area contributed by atoms with Gasteiger partial charge < -0.3 is 15.8 Å². The van der Waals surface area contributed by atoms with Crippen LogP contribution in [-0.2, 0) is 6.42 Å². The number of rotatable bonds is 6. The van der Waals surface area contributed by atoms with Crippen molar-refractivity contribution in [2.24, 2.45) is 0 Å². The Bertz CT molecular complexity index is 500. The van der Waals surface area contributed by atoms with Crippen LogP contribution in [0.25, 0.3) is 0 Å². The van der Waals surface area contributed by atoms with E-state index in [0.717, 1.165) is 17.4 Å². The van der Waals surface area contributed by atoms with Crippen LogP contribution in [0, 0.1) is 0 Å². The van der Waals surface area contributed by atoms with Crippen molar-refractivity contribution in [2.75, 3.05) is 24.2 Å². The van der Waals surface area contributed by atoms with Gasteiger partial charge in [-0.1, -0.05) is 19.1 Å².